The molecule has 13 heavy (non-hydrogen) atoms. The van der Waals surface area contributed by atoms with Crippen LogP contribution in [0.25, 0.3) is 0 Å². The van der Waals surface area contributed by atoms with Crippen LogP contribution in [-0.4, -0.2) is 29.9 Å². The Kier molecular flexibility index (Phi) is 3.15. The lowest BCUT2D eigenvalue weighted by atomic mass is 9.84. The summed E-state index contributed by atoms with van der Waals surface area (Å²) in [7, 11) is 0. The molecule has 1 aliphatic heterocycles. The van der Waals surface area contributed by atoms with E-state index < -0.39 is 0 Å². The number of hydrogen-bond acceptors (Lipinski definition) is 1. The van der Waals surface area contributed by atoms with Gasteiger partial charge in [-0.2, -0.15) is 0 Å². The smallest absolute Gasteiger partial charge is 0.0386 e. The molecule has 2 rings (SSSR count). The Morgan fingerprint density at radius 1 is 1.31 bits per heavy atom. The molecule has 2 atom stereocenters. The van der Waals surface area contributed by atoms with Crippen LogP contribution in [0.1, 0.15) is 32.6 Å². The van der Waals surface area contributed by atoms with Gasteiger partial charge in [-0.1, -0.05) is 13.3 Å². The molecule has 2 fully saturated rings. The molecule has 0 radical (unpaired) electrons. The fraction of sp³-hybridized carbons (Fsp3) is 1.00. The van der Waals surface area contributed by atoms with Gasteiger partial charge in [-0.15, -0.1) is 11.6 Å². The van der Waals surface area contributed by atoms with E-state index in [1.807, 2.05) is 0 Å². The van der Waals surface area contributed by atoms with Gasteiger partial charge < -0.3 is 4.90 Å². The van der Waals surface area contributed by atoms with E-state index in [0.29, 0.717) is 11.3 Å². The highest BCUT2D eigenvalue weighted by atomic mass is 35.5. The van der Waals surface area contributed by atoms with E-state index in [0.717, 1.165) is 5.92 Å². The Bertz CT molecular complexity index is 165. The third-order valence-corrected chi connectivity index (χ3v) is 4.27. The van der Waals surface area contributed by atoms with E-state index in [1.165, 1.54) is 45.3 Å². The average molecular weight is 202 g/mol. The highest BCUT2D eigenvalue weighted by molar-refractivity contribution is 6.20. The van der Waals surface area contributed by atoms with E-state index in [-0.39, 0.29) is 0 Å². The lowest BCUT2D eigenvalue weighted by Gasteiger charge is -2.38. The highest BCUT2D eigenvalue weighted by Gasteiger charge is 2.27. The molecular weight excluding hydrogens is 182 g/mol. The summed E-state index contributed by atoms with van der Waals surface area (Å²) in [5, 5.41) is 0.428. The molecule has 0 amide bonds. The van der Waals surface area contributed by atoms with E-state index in [1.54, 1.807) is 0 Å². The van der Waals surface area contributed by atoms with Gasteiger partial charge in [-0.3, -0.25) is 0 Å². The maximum absolute atomic E-state index is 6.19. The molecule has 1 aliphatic carbocycles. The van der Waals surface area contributed by atoms with E-state index in [9.17, 15) is 0 Å². The van der Waals surface area contributed by atoms with Gasteiger partial charge in [-0.25, -0.2) is 0 Å². The van der Waals surface area contributed by atoms with Gasteiger partial charge in [-0.05, 0) is 37.6 Å². The summed E-state index contributed by atoms with van der Waals surface area (Å²) < 4.78 is 0. The SMILES string of the molecule is CC1CN(CC2CCC2)CCC1Cl. The average Bonchev–Trinajstić information content (AvgIpc) is 2.04. The van der Waals surface area contributed by atoms with Crippen LogP contribution in [0.2, 0.25) is 0 Å². The van der Waals surface area contributed by atoms with Crippen LogP contribution in [0.4, 0.5) is 0 Å². The molecule has 0 aromatic carbocycles. The molecule has 0 bridgehead atoms. The van der Waals surface area contributed by atoms with Crippen LogP contribution in [0.5, 0.6) is 0 Å². The molecule has 0 N–H and O–H groups in total. The van der Waals surface area contributed by atoms with Crippen molar-refractivity contribution in [3.8, 4) is 0 Å². The van der Waals surface area contributed by atoms with Gasteiger partial charge in [0.2, 0.25) is 0 Å². The van der Waals surface area contributed by atoms with Crippen molar-refractivity contribution in [3.63, 3.8) is 0 Å². The first-order valence-corrected chi connectivity index (χ1v) is 6.06. The number of nitrogens with zero attached hydrogens (tertiary/aromatic N) is 1. The zero-order valence-corrected chi connectivity index (χ0v) is 9.26. The minimum atomic E-state index is 0.428. The van der Waals surface area contributed by atoms with Crippen LogP contribution in [-0.2, 0) is 0 Å². The summed E-state index contributed by atoms with van der Waals surface area (Å²) in [6.07, 6.45) is 5.59. The number of hydrogen-bond donors (Lipinski definition) is 0. The lowest BCUT2D eigenvalue weighted by Crippen LogP contribution is -2.43. The molecule has 1 nitrogen and oxygen atoms in total. The summed E-state index contributed by atoms with van der Waals surface area (Å²) in [5.74, 6) is 1.70. The van der Waals surface area contributed by atoms with Gasteiger partial charge in [0.1, 0.15) is 0 Å². The first-order chi connectivity index (χ1) is 6.25. The predicted molar refractivity (Wildman–Crippen MR) is 57.2 cm³/mol. The Morgan fingerprint density at radius 3 is 2.62 bits per heavy atom. The van der Waals surface area contributed by atoms with Gasteiger partial charge in [0, 0.05) is 18.5 Å². The summed E-state index contributed by atoms with van der Waals surface area (Å²) in [5.41, 5.74) is 0. The second kappa shape index (κ2) is 4.18. The van der Waals surface area contributed by atoms with Gasteiger partial charge in [0.25, 0.3) is 0 Å². The van der Waals surface area contributed by atoms with Crippen LogP contribution in [0, 0.1) is 11.8 Å². The van der Waals surface area contributed by atoms with Crippen LogP contribution >= 0.6 is 11.6 Å². The van der Waals surface area contributed by atoms with Crippen molar-refractivity contribution in [2.24, 2.45) is 11.8 Å². The van der Waals surface area contributed by atoms with Crippen LogP contribution in [0.3, 0.4) is 0 Å². The summed E-state index contributed by atoms with van der Waals surface area (Å²) in [4.78, 5) is 2.62. The van der Waals surface area contributed by atoms with Crippen molar-refractivity contribution in [3.05, 3.63) is 0 Å². The molecule has 2 unspecified atom stereocenters. The summed E-state index contributed by atoms with van der Waals surface area (Å²) in [6.45, 7) is 6.08. The Morgan fingerprint density at radius 2 is 2.08 bits per heavy atom. The van der Waals surface area contributed by atoms with E-state index in [4.69, 9.17) is 11.6 Å². The molecule has 0 aromatic heterocycles. The number of likely N-dealkylation sites (tertiary alicyclic amines) is 1. The quantitative estimate of drug-likeness (QED) is 0.622. The molecule has 76 valence electrons. The van der Waals surface area contributed by atoms with Crippen molar-refractivity contribution < 1.29 is 0 Å². The molecule has 0 aromatic rings. The largest absolute Gasteiger partial charge is 0.303 e. The molecule has 1 saturated heterocycles. The standard InChI is InChI=1S/C11H20ClN/c1-9-7-13(6-5-11(9)12)8-10-3-2-4-10/h9-11H,2-8H2,1H3. The van der Waals surface area contributed by atoms with Gasteiger partial charge in [0.15, 0.2) is 0 Å². The number of halogens is 1. The fourth-order valence-corrected chi connectivity index (χ4v) is 2.59. The molecule has 1 heterocycles. The van der Waals surface area contributed by atoms with Gasteiger partial charge in [0.05, 0.1) is 0 Å². The minimum absolute atomic E-state index is 0.428. The molecular formula is C11H20ClN. The number of alkyl halides is 1. The molecule has 2 heteroatoms. The lowest BCUT2D eigenvalue weighted by molar-refractivity contribution is 0.132. The van der Waals surface area contributed by atoms with Crippen molar-refractivity contribution >= 4 is 11.6 Å². The van der Waals surface area contributed by atoms with Crippen LogP contribution in [0.15, 0.2) is 0 Å². The fourth-order valence-electron chi connectivity index (χ4n) is 2.41. The Balaban J connectivity index is 1.74. The molecule has 0 spiro atoms. The predicted octanol–water partition coefficient (Wildman–Crippen LogP) is 2.74. The van der Waals surface area contributed by atoms with Crippen molar-refractivity contribution in [1.82, 2.24) is 4.90 Å². The Hall–Kier alpha value is 0.250. The summed E-state index contributed by atoms with van der Waals surface area (Å²) >= 11 is 6.19. The summed E-state index contributed by atoms with van der Waals surface area (Å²) in [6, 6.07) is 0. The second-order valence-corrected chi connectivity index (χ2v) is 5.40. The second-order valence-electron chi connectivity index (χ2n) is 4.84. The number of rotatable bonds is 2. The van der Waals surface area contributed by atoms with Crippen molar-refractivity contribution in [2.45, 2.75) is 38.0 Å². The molecule has 2 aliphatic rings. The van der Waals surface area contributed by atoms with E-state index >= 15 is 0 Å². The Labute approximate surface area is 86.4 Å². The minimum Gasteiger partial charge on any atom is -0.303 e. The highest BCUT2D eigenvalue weighted by Crippen LogP contribution is 2.29. The zero-order chi connectivity index (χ0) is 9.26. The van der Waals surface area contributed by atoms with Crippen LogP contribution < -0.4 is 0 Å². The van der Waals surface area contributed by atoms with E-state index in [2.05, 4.69) is 11.8 Å². The van der Waals surface area contributed by atoms with Crippen molar-refractivity contribution in [1.29, 1.82) is 0 Å². The third kappa shape index (κ3) is 2.38. The van der Waals surface area contributed by atoms with Crippen molar-refractivity contribution in [2.75, 3.05) is 19.6 Å². The first-order valence-electron chi connectivity index (χ1n) is 5.62. The zero-order valence-electron chi connectivity index (χ0n) is 8.51. The third-order valence-electron chi connectivity index (χ3n) is 3.63. The topological polar surface area (TPSA) is 3.24 Å². The molecule has 1 saturated carbocycles. The maximum Gasteiger partial charge on any atom is 0.0386 e. The normalized spacial score (nSPS) is 37.4. The number of piperidine rings is 1. The van der Waals surface area contributed by atoms with Gasteiger partial charge >= 0.3 is 0 Å². The monoisotopic (exact) mass is 201 g/mol. The maximum atomic E-state index is 6.19. The first kappa shape index (κ1) is 9.79.